The van der Waals surface area contributed by atoms with Gasteiger partial charge >= 0.3 is 5.97 Å². The summed E-state index contributed by atoms with van der Waals surface area (Å²) in [6.45, 7) is 5.61. The molecule has 1 N–H and O–H groups in total. The Labute approximate surface area is 170 Å². The van der Waals surface area contributed by atoms with Gasteiger partial charge in [-0.3, -0.25) is 14.9 Å². The minimum Gasteiger partial charge on any atom is -0.462 e. The number of hydrogen-bond donors (Lipinski definition) is 1. The SMILES string of the molecule is CCOC(=O)c1c(NC(=O)c2ccc(-c3ccc([N+](=O)[O-])cc3)o2)sc(C)c1C. The van der Waals surface area contributed by atoms with Crippen LogP contribution in [0.1, 0.15) is 38.3 Å². The molecule has 3 rings (SSSR count). The number of anilines is 1. The summed E-state index contributed by atoms with van der Waals surface area (Å²) in [5, 5.41) is 13.9. The summed E-state index contributed by atoms with van der Waals surface area (Å²) in [5.41, 5.74) is 1.66. The number of nitrogens with one attached hydrogen (secondary N) is 1. The largest absolute Gasteiger partial charge is 0.462 e. The van der Waals surface area contributed by atoms with Crippen molar-refractivity contribution in [2.75, 3.05) is 11.9 Å². The first-order chi connectivity index (χ1) is 13.8. The molecule has 150 valence electrons. The van der Waals surface area contributed by atoms with Gasteiger partial charge in [-0.25, -0.2) is 4.79 Å². The Hall–Kier alpha value is -3.46. The summed E-state index contributed by atoms with van der Waals surface area (Å²) in [4.78, 5) is 36.0. The zero-order valence-corrected chi connectivity index (χ0v) is 16.8. The summed E-state index contributed by atoms with van der Waals surface area (Å²) < 4.78 is 10.7. The van der Waals surface area contributed by atoms with Crippen LogP contribution in [-0.4, -0.2) is 23.4 Å². The van der Waals surface area contributed by atoms with Gasteiger partial charge in [-0.2, -0.15) is 0 Å². The van der Waals surface area contributed by atoms with E-state index in [4.69, 9.17) is 9.15 Å². The van der Waals surface area contributed by atoms with Crippen molar-refractivity contribution in [3.63, 3.8) is 0 Å². The molecule has 0 unspecified atom stereocenters. The number of amides is 1. The lowest BCUT2D eigenvalue weighted by Gasteiger charge is -2.06. The van der Waals surface area contributed by atoms with Crippen LogP contribution in [0.3, 0.4) is 0 Å². The van der Waals surface area contributed by atoms with Gasteiger partial charge in [-0.15, -0.1) is 11.3 Å². The smallest absolute Gasteiger partial charge is 0.341 e. The number of furan rings is 1. The summed E-state index contributed by atoms with van der Waals surface area (Å²) in [6, 6.07) is 8.92. The van der Waals surface area contributed by atoms with Gasteiger partial charge in [0.2, 0.25) is 0 Å². The molecule has 0 aliphatic carbocycles. The number of ether oxygens (including phenoxy) is 1. The number of rotatable bonds is 6. The number of aryl methyl sites for hydroxylation is 1. The second-order valence-electron chi connectivity index (χ2n) is 6.13. The monoisotopic (exact) mass is 414 g/mol. The first kappa shape index (κ1) is 20.3. The molecule has 9 heteroatoms. The molecule has 2 aromatic heterocycles. The molecule has 29 heavy (non-hydrogen) atoms. The molecule has 0 fully saturated rings. The molecule has 0 bridgehead atoms. The van der Waals surface area contributed by atoms with Crippen LogP contribution < -0.4 is 5.32 Å². The minimum atomic E-state index is -0.509. The number of nitrogens with zero attached hydrogens (tertiary/aromatic N) is 1. The van der Waals surface area contributed by atoms with Crippen molar-refractivity contribution in [3.05, 3.63) is 68.3 Å². The summed E-state index contributed by atoms with van der Waals surface area (Å²) >= 11 is 1.29. The Bertz CT molecular complexity index is 1080. The maximum atomic E-state index is 12.6. The molecule has 0 atom stereocenters. The normalized spacial score (nSPS) is 10.6. The van der Waals surface area contributed by atoms with Crippen molar-refractivity contribution < 1.29 is 23.7 Å². The summed E-state index contributed by atoms with van der Waals surface area (Å²) in [6.07, 6.45) is 0. The Balaban J connectivity index is 1.82. The molecule has 1 aromatic carbocycles. The highest BCUT2D eigenvalue weighted by atomic mass is 32.1. The fourth-order valence-corrected chi connectivity index (χ4v) is 3.73. The van der Waals surface area contributed by atoms with Gasteiger partial charge in [0.1, 0.15) is 10.8 Å². The van der Waals surface area contributed by atoms with Crippen LogP contribution in [0.15, 0.2) is 40.8 Å². The highest BCUT2D eigenvalue weighted by Gasteiger charge is 2.23. The number of benzene rings is 1. The molecule has 8 nitrogen and oxygen atoms in total. The maximum Gasteiger partial charge on any atom is 0.341 e. The van der Waals surface area contributed by atoms with Gasteiger partial charge in [0.15, 0.2) is 5.76 Å². The van der Waals surface area contributed by atoms with Crippen LogP contribution in [0.5, 0.6) is 0 Å². The van der Waals surface area contributed by atoms with Crippen LogP contribution in [0, 0.1) is 24.0 Å². The number of carbonyl (C=O) groups excluding carboxylic acids is 2. The topological polar surface area (TPSA) is 112 Å². The van der Waals surface area contributed by atoms with E-state index in [-0.39, 0.29) is 18.1 Å². The van der Waals surface area contributed by atoms with E-state index in [1.807, 2.05) is 6.92 Å². The van der Waals surface area contributed by atoms with Crippen LogP contribution in [0.25, 0.3) is 11.3 Å². The summed E-state index contributed by atoms with van der Waals surface area (Å²) in [5.74, 6) is -0.549. The highest BCUT2D eigenvalue weighted by molar-refractivity contribution is 7.16. The van der Waals surface area contributed by atoms with E-state index in [2.05, 4.69) is 5.32 Å². The van der Waals surface area contributed by atoms with Crippen molar-refractivity contribution in [2.45, 2.75) is 20.8 Å². The first-order valence-corrected chi connectivity index (χ1v) is 9.56. The zero-order valence-electron chi connectivity index (χ0n) is 16.0. The standard InChI is InChI=1S/C20H18N2O6S/c1-4-27-20(24)17-11(2)12(3)29-19(17)21-18(23)16-10-9-15(28-16)13-5-7-14(8-6-13)22(25)26/h5-10H,4H2,1-3H3,(H,21,23). The van der Waals surface area contributed by atoms with E-state index in [9.17, 15) is 19.7 Å². The Morgan fingerprint density at radius 1 is 1.17 bits per heavy atom. The molecule has 0 aliphatic rings. The van der Waals surface area contributed by atoms with Gasteiger partial charge in [0.25, 0.3) is 11.6 Å². The molecular weight excluding hydrogens is 396 g/mol. The van der Waals surface area contributed by atoms with Gasteiger partial charge in [0.05, 0.1) is 17.1 Å². The Morgan fingerprint density at radius 2 is 1.86 bits per heavy atom. The fraction of sp³-hybridized carbons (Fsp3) is 0.200. The predicted molar refractivity (Wildman–Crippen MR) is 109 cm³/mol. The molecule has 0 saturated carbocycles. The van der Waals surface area contributed by atoms with Crippen molar-refractivity contribution >= 4 is 33.9 Å². The van der Waals surface area contributed by atoms with Crippen molar-refractivity contribution in [1.29, 1.82) is 0 Å². The zero-order chi connectivity index (χ0) is 21.1. The van der Waals surface area contributed by atoms with E-state index in [1.165, 1.54) is 29.5 Å². The van der Waals surface area contributed by atoms with E-state index in [0.29, 0.717) is 21.9 Å². The van der Waals surface area contributed by atoms with Crippen LogP contribution in [0.2, 0.25) is 0 Å². The lowest BCUT2D eigenvalue weighted by molar-refractivity contribution is -0.384. The van der Waals surface area contributed by atoms with E-state index in [0.717, 1.165) is 10.4 Å². The molecule has 2 heterocycles. The fourth-order valence-electron chi connectivity index (χ4n) is 2.69. The third-order valence-electron chi connectivity index (χ3n) is 4.28. The quantitative estimate of drug-likeness (QED) is 0.346. The Morgan fingerprint density at radius 3 is 2.48 bits per heavy atom. The van der Waals surface area contributed by atoms with Gasteiger partial charge in [-0.1, -0.05) is 0 Å². The molecule has 0 saturated heterocycles. The predicted octanol–water partition coefficient (Wildman–Crippen LogP) is 4.96. The maximum absolute atomic E-state index is 12.6. The molecule has 0 spiro atoms. The average molecular weight is 414 g/mol. The molecule has 1 amide bonds. The van der Waals surface area contributed by atoms with E-state index < -0.39 is 16.8 Å². The summed E-state index contributed by atoms with van der Waals surface area (Å²) in [7, 11) is 0. The number of carbonyl (C=O) groups is 2. The van der Waals surface area contributed by atoms with Crippen molar-refractivity contribution in [3.8, 4) is 11.3 Å². The van der Waals surface area contributed by atoms with Gasteiger partial charge < -0.3 is 14.5 Å². The average Bonchev–Trinajstić information content (AvgIpc) is 3.28. The van der Waals surface area contributed by atoms with Crippen molar-refractivity contribution in [1.82, 2.24) is 0 Å². The van der Waals surface area contributed by atoms with Crippen molar-refractivity contribution in [2.24, 2.45) is 0 Å². The third kappa shape index (κ3) is 4.19. The van der Waals surface area contributed by atoms with Crippen LogP contribution in [0.4, 0.5) is 10.7 Å². The molecule has 0 radical (unpaired) electrons. The van der Waals surface area contributed by atoms with E-state index in [1.54, 1.807) is 32.0 Å². The number of esters is 1. The second kappa shape index (κ2) is 8.27. The lowest BCUT2D eigenvalue weighted by Crippen LogP contribution is -2.14. The number of nitro benzene ring substituents is 1. The number of nitro groups is 1. The number of hydrogen-bond acceptors (Lipinski definition) is 7. The molecular formula is C20H18N2O6S. The first-order valence-electron chi connectivity index (χ1n) is 8.75. The minimum absolute atomic E-state index is 0.0341. The van der Waals surface area contributed by atoms with E-state index >= 15 is 0 Å². The van der Waals surface area contributed by atoms with Gasteiger partial charge in [-0.05, 0) is 50.6 Å². The van der Waals surface area contributed by atoms with Gasteiger partial charge in [0, 0.05) is 22.6 Å². The highest BCUT2D eigenvalue weighted by Crippen LogP contribution is 2.34. The number of thiophene rings is 1. The number of non-ortho nitro benzene ring substituents is 1. The molecule has 0 aliphatic heterocycles. The van der Waals surface area contributed by atoms with Crippen LogP contribution >= 0.6 is 11.3 Å². The lowest BCUT2D eigenvalue weighted by atomic mass is 10.1. The second-order valence-corrected chi connectivity index (χ2v) is 7.35. The Kier molecular flexibility index (Phi) is 5.79. The third-order valence-corrected chi connectivity index (χ3v) is 5.41. The van der Waals surface area contributed by atoms with Crippen LogP contribution in [-0.2, 0) is 4.74 Å². The molecule has 3 aromatic rings.